The lowest BCUT2D eigenvalue weighted by molar-refractivity contribution is 0.0623. The highest BCUT2D eigenvalue weighted by Gasteiger charge is 2.22. The first-order valence-corrected chi connectivity index (χ1v) is 9.66. The molecule has 1 fully saturated rings. The van der Waals surface area contributed by atoms with Gasteiger partial charge in [0.15, 0.2) is 5.16 Å². The van der Waals surface area contributed by atoms with Crippen LogP contribution in [0, 0.1) is 0 Å². The number of nitrogens with one attached hydrogen (secondary N) is 1. The summed E-state index contributed by atoms with van der Waals surface area (Å²) in [5.74, 6) is 0.0828. The van der Waals surface area contributed by atoms with E-state index >= 15 is 0 Å². The minimum Gasteiger partial charge on any atom is -0.357 e. The van der Waals surface area contributed by atoms with E-state index < -0.39 is 0 Å². The van der Waals surface area contributed by atoms with Gasteiger partial charge in [-0.25, -0.2) is 9.97 Å². The molecule has 0 bridgehead atoms. The lowest BCUT2D eigenvalue weighted by atomic mass is 10.2. The molecule has 2 aromatic heterocycles. The Morgan fingerprint density at radius 3 is 2.60 bits per heavy atom. The summed E-state index contributed by atoms with van der Waals surface area (Å²) in [6, 6.07) is 3.68. The molecule has 0 radical (unpaired) electrons. The second-order valence-corrected chi connectivity index (χ2v) is 7.77. The van der Waals surface area contributed by atoms with Gasteiger partial charge in [-0.1, -0.05) is 25.6 Å². The summed E-state index contributed by atoms with van der Waals surface area (Å²) in [5.41, 5.74) is 1.79. The number of hydrogen-bond acceptors (Lipinski definition) is 5. The Kier molecular flexibility index (Phi) is 6.09. The van der Waals surface area contributed by atoms with Crippen molar-refractivity contribution in [3.05, 3.63) is 42.0 Å². The fraction of sp³-hybridized carbons (Fsp3) is 0.500. The summed E-state index contributed by atoms with van der Waals surface area (Å²) in [5, 5.41) is 1.38. The normalized spacial score (nSPS) is 16.8. The van der Waals surface area contributed by atoms with Crippen LogP contribution in [0.1, 0.15) is 36.3 Å². The van der Waals surface area contributed by atoms with Gasteiger partial charge in [0.25, 0.3) is 5.91 Å². The third kappa shape index (κ3) is 4.83. The predicted octanol–water partition coefficient (Wildman–Crippen LogP) is 2.65. The molecular formula is C18H25N5OS. The van der Waals surface area contributed by atoms with E-state index in [0.717, 1.165) is 49.9 Å². The SMILES string of the molecule is CCC(C)Sc1ncc(CN2CCN(C(=O)c3ccc[nH]3)CC2)cn1. The van der Waals surface area contributed by atoms with Crippen LogP contribution in [0.15, 0.2) is 35.9 Å². The fourth-order valence-corrected chi connectivity index (χ4v) is 3.50. The molecule has 6 nitrogen and oxygen atoms in total. The molecule has 0 aliphatic carbocycles. The van der Waals surface area contributed by atoms with E-state index in [0.29, 0.717) is 10.9 Å². The van der Waals surface area contributed by atoms with Crippen molar-refractivity contribution in [2.75, 3.05) is 26.2 Å². The number of carbonyl (C=O) groups excluding carboxylic acids is 1. The fourth-order valence-electron chi connectivity index (χ4n) is 2.75. The van der Waals surface area contributed by atoms with E-state index in [4.69, 9.17) is 0 Å². The molecule has 3 heterocycles. The van der Waals surface area contributed by atoms with Crippen LogP contribution in [0.3, 0.4) is 0 Å². The Morgan fingerprint density at radius 2 is 2.00 bits per heavy atom. The first-order chi connectivity index (χ1) is 12.2. The summed E-state index contributed by atoms with van der Waals surface area (Å²) in [6.07, 6.45) is 6.75. The van der Waals surface area contributed by atoms with E-state index in [-0.39, 0.29) is 5.91 Å². The second kappa shape index (κ2) is 8.49. The Morgan fingerprint density at radius 1 is 1.28 bits per heavy atom. The van der Waals surface area contributed by atoms with Crippen LogP contribution >= 0.6 is 11.8 Å². The number of aromatic nitrogens is 3. The molecule has 1 atom stereocenters. The molecule has 0 saturated carbocycles. The van der Waals surface area contributed by atoms with E-state index in [1.165, 1.54) is 0 Å². The summed E-state index contributed by atoms with van der Waals surface area (Å²) < 4.78 is 0. The van der Waals surface area contributed by atoms with Gasteiger partial charge >= 0.3 is 0 Å². The topological polar surface area (TPSA) is 65.1 Å². The van der Waals surface area contributed by atoms with Gasteiger partial charge in [-0.3, -0.25) is 9.69 Å². The maximum absolute atomic E-state index is 12.3. The summed E-state index contributed by atoms with van der Waals surface area (Å²) in [6.45, 7) is 8.44. The van der Waals surface area contributed by atoms with Gasteiger partial charge < -0.3 is 9.88 Å². The number of amides is 1. The number of nitrogens with zero attached hydrogens (tertiary/aromatic N) is 4. The maximum Gasteiger partial charge on any atom is 0.270 e. The molecule has 2 aromatic rings. The van der Waals surface area contributed by atoms with Gasteiger partial charge in [0.05, 0.1) is 0 Å². The third-order valence-corrected chi connectivity index (χ3v) is 5.61. The zero-order chi connectivity index (χ0) is 17.6. The Bertz CT molecular complexity index is 665. The van der Waals surface area contributed by atoms with Crippen LogP contribution in [0.25, 0.3) is 0 Å². The minimum atomic E-state index is 0.0828. The Labute approximate surface area is 153 Å². The second-order valence-electron chi connectivity index (χ2n) is 6.36. The van der Waals surface area contributed by atoms with Crippen LogP contribution in [0.5, 0.6) is 0 Å². The molecule has 1 aliphatic rings. The molecule has 1 unspecified atom stereocenters. The average Bonchev–Trinajstić information content (AvgIpc) is 3.18. The molecule has 3 rings (SSSR count). The van der Waals surface area contributed by atoms with Crippen molar-refractivity contribution in [3.8, 4) is 0 Å². The molecule has 25 heavy (non-hydrogen) atoms. The largest absolute Gasteiger partial charge is 0.357 e. The smallest absolute Gasteiger partial charge is 0.270 e. The monoisotopic (exact) mass is 359 g/mol. The van der Waals surface area contributed by atoms with Crippen molar-refractivity contribution >= 4 is 17.7 Å². The van der Waals surface area contributed by atoms with E-state index in [1.54, 1.807) is 18.0 Å². The zero-order valence-electron chi connectivity index (χ0n) is 14.8. The van der Waals surface area contributed by atoms with Crippen molar-refractivity contribution < 1.29 is 4.79 Å². The Hall–Kier alpha value is -1.86. The molecule has 0 spiro atoms. The van der Waals surface area contributed by atoms with Gasteiger partial charge in [0.2, 0.25) is 0 Å². The number of aromatic amines is 1. The van der Waals surface area contributed by atoms with Gasteiger partial charge in [0, 0.05) is 62.1 Å². The first kappa shape index (κ1) is 17.9. The summed E-state index contributed by atoms with van der Waals surface area (Å²) >= 11 is 1.72. The highest BCUT2D eigenvalue weighted by atomic mass is 32.2. The molecule has 1 amide bonds. The van der Waals surface area contributed by atoms with E-state index in [1.807, 2.05) is 29.4 Å². The van der Waals surface area contributed by atoms with Crippen LogP contribution in [-0.2, 0) is 6.54 Å². The molecule has 134 valence electrons. The highest BCUT2D eigenvalue weighted by Crippen LogP contribution is 2.21. The predicted molar refractivity (Wildman–Crippen MR) is 99.6 cm³/mol. The summed E-state index contributed by atoms with van der Waals surface area (Å²) in [7, 11) is 0. The molecule has 1 aliphatic heterocycles. The Balaban J connectivity index is 1.48. The quantitative estimate of drug-likeness (QED) is 0.634. The number of H-pyrrole nitrogens is 1. The van der Waals surface area contributed by atoms with E-state index in [2.05, 4.69) is 33.7 Å². The molecule has 0 aromatic carbocycles. The molecule has 1 saturated heterocycles. The molecule has 7 heteroatoms. The van der Waals surface area contributed by atoms with Crippen molar-refractivity contribution in [3.63, 3.8) is 0 Å². The average molecular weight is 359 g/mol. The highest BCUT2D eigenvalue weighted by molar-refractivity contribution is 7.99. The van der Waals surface area contributed by atoms with E-state index in [9.17, 15) is 4.79 Å². The van der Waals surface area contributed by atoms with Crippen LogP contribution in [0.4, 0.5) is 0 Å². The first-order valence-electron chi connectivity index (χ1n) is 8.78. The maximum atomic E-state index is 12.3. The third-order valence-electron chi connectivity index (χ3n) is 4.46. The van der Waals surface area contributed by atoms with Crippen LogP contribution < -0.4 is 0 Å². The minimum absolute atomic E-state index is 0.0828. The van der Waals surface area contributed by atoms with Crippen molar-refractivity contribution in [1.82, 2.24) is 24.8 Å². The van der Waals surface area contributed by atoms with Crippen molar-refractivity contribution in [2.45, 2.75) is 37.2 Å². The standard InChI is InChI=1S/C18H25N5OS/c1-3-14(2)25-18-20-11-15(12-21-18)13-22-7-9-23(10-8-22)17(24)16-5-4-6-19-16/h4-6,11-12,14,19H,3,7-10,13H2,1-2H3. The molecular weight excluding hydrogens is 334 g/mol. The number of carbonyl (C=O) groups is 1. The van der Waals surface area contributed by atoms with Gasteiger partial charge in [-0.05, 0) is 18.6 Å². The van der Waals surface area contributed by atoms with Crippen molar-refractivity contribution in [1.29, 1.82) is 0 Å². The van der Waals surface area contributed by atoms with Gasteiger partial charge in [-0.2, -0.15) is 0 Å². The lowest BCUT2D eigenvalue weighted by Crippen LogP contribution is -2.48. The number of thioether (sulfide) groups is 1. The van der Waals surface area contributed by atoms with Gasteiger partial charge in [0.1, 0.15) is 5.69 Å². The van der Waals surface area contributed by atoms with Gasteiger partial charge in [-0.15, -0.1) is 0 Å². The number of rotatable bonds is 6. The molecule has 1 N–H and O–H groups in total. The van der Waals surface area contributed by atoms with Crippen molar-refractivity contribution in [2.24, 2.45) is 0 Å². The van der Waals surface area contributed by atoms with Crippen LogP contribution in [-0.4, -0.2) is 62.1 Å². The number of piperazine rings is 1. The zero-order valence-corrected chi connectivity index (χ0v) is 15.6. The van der Waals surface area contributed by atoms with Crippen LogP contribution in [0.2, 0.25) is 0 Å². The number of hydrogen-bond donors (Lipinski definition) is 1. The summed E-state index contributed by atoms with van der Waals surface area (Å²) in [4.78, 5) is 28.5. The lowest BCUT2D eigenvalue weighted by Gasteiger charge is -2.34.